The van der Waals surface area contributed by atoms with Crippen molar-refractivity contribution < 1.29 is 0 Å². The van der Waals surface area contributed by atoms with Crippen molar-refractivity contribution in [2.24, 2.45) is 0 Å². The predicted molar refractivity (Wildman–Crippen MR) is 90.0 cm³/mol. The first-order valence-corrected chi connectivity index (χ1v) is 8.90. The number of thioether (sulfide) groups is 1. The summed E-state index contributed by atoms with van der Waals surface area (Å²) in [6.45, 7) is 1.94. The van der Waals surface area contributed by atoms with E-state index in [1.54, 1.807) is 0 Å². The molecule has 0 saturated heterocycles. The van der Waals surface area contributed by atoms with Crippen molar-refractivity contribution in [2.45, 2.75) is 37.0 Å². The molecule has 1 heterocycles. The third-order valence-electron chi connectivity index (χ3n) is 4.37. The minimum absolute atomic E-state index is 0.460. The summed E-state index contributed by atoms with van der Waals surface area (Å²) in [5.74, 6) is 0. The lowest BCUT2D eigenvalue weighted by molar-refractivity contribution is 0.529. The van der Waals surface area contributed by atoms with Crippen LogP contribution in [0.2, 0.25) is 0 Å². The Kier molecular flexibility index (Phi) is 4.66. The molecule has 1 aromatic carbocycles. The molecule has 1 aliphatic carbocycles. The number of hydrogen-bond acceptors (Lipinski definition) is 3. The molecule has 3 rings (SSSR count). The first kappa shape index (κ1) is 14.7. The van der Waals surface area contributed by atoms with E-state index in [0.717, 1.165) is 24.5 Å². The summed E-state index contributed by atoms with van der Waals surface area (Å²) in [6.07, 6.45) is 9.74. The molecule has 4 heteroatoms. The lowest BCUT2D eigenvalue weighted by atomic mass is 10.1. The fourth-order valence-corrected chi connectivity index (χ4v) is 4.01. The Morgan fingerprint density at radius 3 is 2.67 bits per heavy atom. The van der Waals surface area contributed by atoms with Crippen LogP contribution < -0.4 is 5.32 Å². The van der Waals surface area contributed by atoms with E-state index in [1.807, 2.05) is 40.8 Å². The largest absolute Gasteiger partial charge is 0.310 e. The second-order valence-corrected chi connectivity index (χ2v) is 7.06. The van der Waals surface area contributed by atoms with Gasteiger partial charge in [0, 0.05) is 24.0 Å². The number of para-hydroxylation sites is 1. The summed E-state index contributed by atoms with van der Waals surface area (Å²) >= 11 is 2.03. The van der Waals surface area contributed by atoms with E-state index in [9.17, 15) is 0 Å². The van der Waals surface area contributed by atoms with Gasteiger partial charge in [0.2, 0.25) is 0 Å². The molecular weight excluding hydrogens is 278 g/mol. The Morgan fingerprint density at radius 2 is 1.95 bits per heavy atom. The Hall–Kier alpha value is -1.26. The maximum absolute atomic E-state index is 4.64. The molecule has 1 aliphatic rings. The van der Waals surface area contributed by atoms with Gasteiger partial charge in [0.25, 0.3) is 0 Å². The average molecular weight is 301 g/mol. The molecule has 112 valence electrons. The quantitative estimate of drug-likeness (QED) is 0.883. The predicted octanol–water partition coefficient (Wildman–Crippen LogP) is 3.64. The SMILES string of the molecule is CSC1(CNCc2ccn(-c3ccccc3)n2)CCCC1. The van der Waals surface area contributed by atoms with Crippen molar-refractivity contribution >= 4 is 11.8 Å². The summed E-state index contributed by atoms with van der Waals surface area (Å²) in [5.41, 5.74) is 2.22. The normalized spacial score (nSPS) is 17.2. The number of nitrogens with one attached hydrogen (secondary N) is 1. The third kappa shape index (κ3) is 3.50. The number of nitrogens with zero attached hydrogens (tertiary/aromatic N) is 2. The first-order valence-electron chi connectivity index (χ1n) is 7.67. The van der Waals surface area contributed by atoms with E-state index < -0.39 is 0 Å². The van der Waals surface area contributed by atoms with Crippen LogP contribution in [0.25, 0.3) is 5.69 Å². The van der Waals surface area contributed by atoms with Crippen LogP contribution in [0.4, 0.5) is 0 Å². The van der Waals surface area contributed by atoms with Crippen molar-refractivity contribution in [3.63, 3.8) is 0 Å². The van der Waals surface area contributed by atoms with Gasteiger partial charge in [0.05, 0.1) is 11.4 Å². The standard InChI is InChI=1S/C17H23N3S/c1-21-17(10-5-6-11-17)14-18-13-15-9-12-20(19-15)16-7-3-2-4-8-16/h2-4,7-9,12,18H,5-6,10-11,13-14H2,1H3. The van der Waals surface area contributed by atoms with Gasteiger partial charge in [-0.25, -0.2) is 4.68 Å². The highest BCUT2D eigenvalue weighted by Crippen LogP contribution is 2.39. The maximum Gasteiger partial charge on any atom is 0.0766 e. The Bertz CT molecular complexity index is 558. The zero-order valence-electron chi connectivity index (χ0n) is 12.6. The van der Waals surface area contributed by atoms with Gasteiger partial charge < -0.3 is 5.32 Å². The van der Waals surface area contributed by atoms with E-state index in [-0.39, 0.29) is 0 Å². The van der Waals surface area contributed by atoms with Crippen LogP contribution in [0.3, 0.4) is 0 Å². The fourth-order valence-electron chi connectivity index (χ4n) is 3.07. The van der Waals surface area contributed by atoms with Crippen molar-refractivity contribution in [1.82, 2.24) is 15.1 Å². The minimum Gasteiger partial charge on any atom is -0.310 e. The lowest BCUT2D eigenvalue weighted by Gasteiger charge is -2.26. The van der Waals surface area contributed by atoms with Gasteiger partial charge in [-0.05, 0) is 37.3 Å². The van der Waals surface area contributed by atoms with Gasteiger partial charge in [-0.15, -0.1) is 0 Å². The molecule has 0 unspecified atom stereocenters. The molecular formula is C17H23N3S. The van der Waals surface area contributed by atoms with Gasteiger partial charge >= 0.3 is 0 Å². The summed E-state index contributed by atoms with van der Waals surface area (Å²) in [7, 11) is 0. The lowest BCUT2D eigenvalue weighted by Crippen LogP contribution is -2.34. The molecule has 0 aliphatic heterocycles. The first-order chi connectivity index (χ1) is 10.3. The zero-order valence-corrected chi connectivity index (χ0v) is 13.4. The van der Waals surface area contributed by atoms with Crippen LogP contribution in [0.15, 0.2) is 42.6 Å². The molecule has 1 fully saturated rings. The molecule has 0 amide bonds. The zero-order chi connectivity index (χ0) is 14.5. The van der Waals surface area contributed by atoms with Crippen LogP contribution in [-0.4, -0.2) is 27.3 Å². The van der Waals surface area contributed by atoms with Crippen LogP contribution in [0.1, 0.15) is 31.4 Å². The molecule has 21 heavy (non-hydrogen) atoms. The summed E-state index contributed by atoms with van der Waals surface area (Å²) in [4.78, 5) is 0. The number of benzene rings is 1. The molecule has 1 N–H and O–H groups in total. The van der Waals surface area contributed by atoms with Gasteiger partial charge in [-0.1, -0.05) is 31.0 Å². The molecule has 1 saturated carbocycles. The molecule has 2 aromatic rings. The van der Waals surface area contributed by atoms with Gasteiger partial charge in [-0.2, -0.15) is 16.9 Å². The maximum atomic E-state index is 4.64. The van der Waals surface area contributed by atoms with Crippen molar-refractivity contribution in [3.8, 4) is 5.69 Å². The topological polar surface area (TPSA) is 29.9 Å². The second-order valence-electron chi connectivity index (χ2n) is 5.78. The summed E-state index contributed by atoms with van der Waals surface area (Å²) in [5, 5.41) is 8.24. The van der Waals surface area contributed by atoms with Crippen LogP contribution in [-0.2, 0) is 6.54 Å². The second kappa shape index (κ2) is 6.67. The van der Waals surface area contributed by atoms with Crippen LogP contribution in [0, 0.1) is 0 Å². The van der Waals surface area contributed by atoms with Crippen LogP contribution in [0.5, 0.6) is 0 Å². The number of hydrogen-bond donors (Lipinski definition) is 1. The fraction of sp³-hybridized carbons (Fsp3) is 0.471. The number of aromatic nitrogens is 2. The van der Waals surface area contributed by atoms with Crippen LogP contribution >= 0.6 is 11.8 Å². The highest BCUT2D eigenvalue weighted by atomic mass is 32.2. The third-order valence-corrected chi connectivity index (χ3v) is 5.78. The van der Waals surface area contributed by atoms with E-state index >= 15 is 0 Å². The van der Waals surface area contributed by atoms with E-state index in [2.05, 4.69) is 34.9 Å². The Morgan fingerprint density at radius 1 is 1.19 bits per heavy atom. The molecule has 0 spiro atoms. The van der Waals surface area contributed by atoms with Crippen molar-refractivity contribution in [3.05, 3.63) is 48.3 Å². The Balaban J connectivity index is 1.56. The van der Waals surface area contributed by atoms with E-state index in [4.69, 9.17) is 0 Å². The molecule has 0 radical (unpaired) electrons. The highest BCUT2D eigenvalue weighted by Gasteiger charge is 2.32. The van der Waals surface area contributed by atoms with Gasteiger partial charge in [0.15, 0.2) is 0 Å². The van der Waals surface area contributed by atoms with Gasteiger partial charge in [0.1, 0.15) is 0 Å². The highest BCUT2D eigenvalue weighted by molar-refractivity contribution is 8.00. The number of rotatable bonds is 6. The molecule has 0 bridgehead atoms. The molecule has 3 nitrogen and oxygen atoms in total. The van der Waals surface area contributed by atoms with Crippen molar-refractivity contribution in [2.75, 3.05) is 12.8 Å². The monoisotopic (exact) mass is 301 g/mol. The molecule has 0 atom stereocenters. The average Bonchev–Trinajstić information content (AvgIpc) is 3.18. The van der Waals surface area contributed by atoms with E-state index in [0.29, 0.717) is 4.75 Å². The van der Waals surface area contributed by atoms with Crippen molar-refractivity contribution in [1.29, 1.82) is 0 Å². The van der Waals surface area contributed by atoms with E-state index in [1.165, 1.54) is 25.7 Å². The Labute approximate surface area is 131 Å². The summed E-state index contributed by atoms with van der Waals surface area (Å²) in [6, 6.07) is 12.4. The minimum atomic E-state index is 0.460. The summed E-state index contributed by atoms with van der Waals surface area (Å²) < 4.78 is 2.40. The molecule has 1 aromatic heterocycles. The van der Waals surface area contributed by atoms with Gasteiger partial charge in [-0.3, -0.25) is 0 Å². The smallest absolute Gasteiger partial charge is 0.0766 e.